The molecule has 1 aliphatic rings. The lowest BCUT2D eigenvalue weighted by molar-refractivity contribution is -0.920. The third-order valence-corrected chi connectivity index (χ3v) is 6.56. The number of fused-ring (bicyclic) bond motifs is 2. The Labute approximate surface area is 160 Å². The first-order valence-corrected chi connectivity index (χ1v) is 10.2. The van der Waals surface area contributed by atoms with Crippen LogP contribution in [-0.2, 0) is 6.54 Å². The number of piperidine rings is 1. The largest absolute Gasteiger partial charge is 0.328 e. The number of aromatic nitrogens is 3. The quantitative estimate of drug-likeness (QED) is 0.577. The summed E-state index contributed by atoms with van der Waals surface area (Å²) in [7, 11) is 0. The van der Waals surface area contributed by atoms with E-state index >= 15 is 0 Å². The molecule has 6 heteroatoms. The summed E-state index contributed by atoms with van der Waals surface area (Å²) in [6.07, 6.45) is 2.36. The number of aromatic amines is 1. The van der Waals surface area contributed by atoms with Crippen molar-refractivity contribution in [3.8, 4) is 0 Å². The molecule has 0 aliphatic carbocycles. The minimum absolute atomic E-state index is 0.0465. The van der Waals surface area contributed by atoms with E-state index < -0.39 is 0 Å². The summed E-state index contributed by atoms with van der Waals surface area (Å²) in [6.45, 7) is 2.90. The third kappa shape index (κ3) is 3.26. The predicted molar refractivity (Wildman–Crippen MR) is 108 cm³/mol. The summed E-state index contributed by atoms with van der Waals surface area (Å²) >= 11 is 1.82. The number of benzene rings is 2. The van der Waals surface area contributed by atoms with Crippen molar-refractivity contribution in [2.75, 3.05) is 13.1 Å². The standard InChI is InChI=1S/C21H20N4OS/c26-20-15-7-1-2-8-16(15)22-19(24-20)13-25-11-5-6-14(12-25)21-23-17-9-3-4-10-18(17)27-21/h1-4,7-10,14H,5-6,11-13H2,(H,22,24,26)/p+1/t14-/m0/s1. The number of hydrogen-bond acceptors (Lipinski definition) is 4. The van der Waals surface area contributed by atoms with Gasteiger partial charge in [0.2, 0.25) is 0 Å². The number of nitrogens with zero attached hydrogens (tertiary/aromatic N) is 2. The lowest BCUT2D eigenvalue weighted by atomic mass is 9.99. The van der Waals surface area contributed by atoms with E-state index in [9.17, 15) is 4.79 Å². The summed E-state index contributed by atoms with van der Waals surface area (Å²) in [6, 6.07) is 15.9. The Morgan fingerprint density at radius 2 is 1.89 bits per heavy atom. The first-order valence-electron chi connectivity index (χ1n) is 9.43. The van der Waals surface area contributed by atoms with Gasteiger partial charge in [-0.05, 0) is 37.1 Å². The first-order chi connectivity index (χ1) is 13.3. The van der Waals surface area contributed by atoms with Gasteiger partial charge < -0.3 is 9.88 Å². The van der Waals surface area contributed by atoms with Gasteiger partial charge in [-0.3, -0.25) is 4.79 Å². The number of likely N-dealkylation sites (tertiary alicyclic amines) is 1. The summed E-state index contributed by atoms with van der Waals surface area (Å²) in [5.74, 6) is 1.26. The molecule has 0 bridgehead atoms. The maximum absolute atomic E-state index is 12.3. The lowest BCUT2D eigenvalue weighted by Gasteiger charge is -2.28. The average Bonchev–Trinajstić information content (AvgIpc) is 3.13. The van der Waals surface area contributed by atoms with Gasteiger partial charge in [0.05, 0.1) is 40.1 Å². The molecule has 27 heavy (non-hydrogen) atoms. The van der Waals surface area contributed by atoms with E-state index in [1.807, 2.05) is 41.7 Å². The van der Waals surface area contributed by atoms with Crippen LogP contribution in [0.3, 0.4) is 0 Å². The molecule has 0 amide bonds. The number of quaternary nitrogens is 1. The maximum Gasteiger partial charge on any atom is 0.258 e. The number of hydrogen-bond donors (Lipinski definition) is 2. The van der Waals surface area contributed by atoms with E-state index in [4.69, 9.17) is 4.98 Å². The Morgan fingerprint density at radius 1 is 1.07 bits per heavy atom. The zero-order chi connectivity index (χ0) is 18.2. The Balaban J connectivity index is 1.37. The number of nitrogens with one attached hydrogen (secondary N) is 2. The van der Waals surface area contributed by atoms with Gasteiger partial charge in [-0.15, -0.1) is 11.3 Å². The highest BCUT2D eigenvalue weighted by molar-refractivity contribution is 7.18. The minimum atomic E-state index is -0.0465. The van der Waals surface area contributed by atoms with Gasteiger partial charge in [0.15, 0.2) is 5.82 Å². The molecule has 5 nitrogen and oxygen atoms in total. The molecule has 5 rings (SSSR count). The number of thiazole rings is 1. The molecule has 0 radical (unpaired) electrons. The molecule has 2 atom stereocenters. The second-order valence-electron chi connectivity index (χ2n) is 7.27. The second kappa shape index (κ2) is 6.87. The van der Waals surface area contributed by atoms with Crippen LogP contribution in [0.15, 0.2) is 53.3 Å². The molecule has 0 saturated carbocycles. The first kappa shape index (κ1) is 16.6. The molecule has 1 fully saturated rings. The van der Waals surface area contributed by atoms with Crippen LogP contribution in [0.1, 0.15) is 29.6 Å². The maximum atomic E-state index is 12.3. The highest BCUT2D eigenvalue weighted by Crippen LogP contribution is 2.30. The molecule has 1 saturated heterocycles. The van der Waals surface area contributed by atoms with Crippen molar-refractivity contribution in [3.63, 3.8) is 0 Å². The van der Waals surface area contributed by atoms with Gasteiger partial charge in [-0.2, -0.15) is 0 Å². The fraction of sp³-hybridized carbons (Fsp3) is 0.286. The zero-order valence-corrected chi connectivity index (χ0v) is 15.8. The normalized spacial score (nSPS) is 20.3. The Kier molecular flexibility index (Phi) is 4.22. The van der Waals surface area contributed by atoms with Crippen molar-refractivity contribution in [1.82, 2.24) is 15.0 Å². The van der Waals surface area contributed by atoms with Gasteiger partial charge in [-0.25, -0.2) is 9.97 Å². The Bertz CT molecular complexity index is 1130. The molecule has 0 spiro atoms. The molecule has 1 unspecified atom stereocenters. The van der Waals surface area contributed by atoms with Crippen LogP contribution in [0.5, 0.6) is 0 Å². The fourth-order valence-electron chi connectivity index (χ4n) is 4.04. The summed E-state index contributed by atoms with van der Waals surface area (Å²) in [4.78, 5) is 26.3. The van der Waals surface area contributed by atoms with Crippen LogP contribution in [0.25, 0.3) is 21.1 Å². The van der Waals surface area contributed by atoms with E-state index in [0.717, 1.165) is 36.5 Å². The smallest absolute Gasteiger partial charge is 0.258 e. The molecule has 2 aromatic carbocycles. The van der Waals surface area contributed by atoms with Crippen molar-refractivity contribution < 1.29 is 4.90 Å². The second-order valence-corrected chi connectivity index (χ2v) is 8.33. The molecule has 3 heterocycles. The summed E-state index contributed by atoms with van der Waals surface area (Å²) < 4.78 is 1.26. The van der Waals surface area contributed by atoms with Crippen LogP contribution < -0.4 is 10.5 Å². The Morgan fingerprint density at radius 3 is 2.78 bits per heavy atom. The van der Waals surface area contributed by atoms with Crippen molar-refractivity contribution in [3.05, 3.63) is 69.7 Å². The SMILES string of the molecule is O=c1[nH]c(C[NH+]2CCC[C@H](c3nc4ccccc4s3)C2)nc2ccccc12. The third-order valence-electron chi connectivity index (χ3n) is 5.36. The molecule has 136 valence electrons. The Hall–Kier alpha value is -2.57. The minimum Gasteiger partial charge on any atom is -0.328 e. The highest BCUT2D eigenvalue weighted by Gasteiger charge is 2.27. The van der Waals surface area contributed by atoms with E-state index in [2.05, 4.69) is 28.2 Å². The summed E-state index contributed by atoms with van der Waals surface area (Å²) in [5, 5.41) is 1.90. The van der Waals surface area contributed by atoms with Crippen LogP contribution in [-0.4, -0.2) is 28.0 Å². The van der Waals surface area contributed by atoms with Crippen LogP contribution in [0.4, 0.5) is 0 Å². The molecule has 2 aromatic heterocycles. The van der Waals surface area contributed by atoms with Gasteiger partial charge in [0.25, 0.3) is 5.56 Å². The molecule has 4 aromatic rings. The van der Waals surface area contributed by atoms with Crippen molar-refractivity contribution in [2.24, 2.45) is 0 Å². The molecular weight excluding hydrogens is 356 g/mol. The van der Waals surface area contributed by atoms with Crippen LogP contribution in [0, 0.1) is 0 Å². The van der Waals surface area contributed by atoms with Gasteiger partial charge >= 0.3 is 0 Å². The fourth-order valence-corrected chi connectivity index (χ4v) is 5.14. The summed E-state index contributed by atoms with van der Waals surface area (Å²) in [5.41, 5.74) is 1.83. The average molecular weight is 377 g/mol. The zero-order valence-electron chi connectivity index (χ0n) is 14.9. The van der Waals surface area contributed by atoms with Crippen molar-refractivity contribution >= 4 is 32.5 Å². The van der Waals surface area contributed by atoms with Crippen LogP contribution in [0.2, 0.25) is 0 Å². The topological polar surface area (TPSA) is 63.1 Å². The van der Waals surface area contributed by atoms with Gasteiger partial charge in [0, 0.05) is 0 Å². The van der Waals surface area contributed by atoms with E-state index in [1.165, 1.54) is 27.4 Å². The van der Waals surface area contributed by atoms with Crippen molar-refractivity contribution in [2.45, 2.75) is 25.3 Å². The monoisotopic (exact) mass is 377 g/mol. The van der Waals surface area contributed by atoms with E-state index in [1.54, 1.807) is 0 Å². The number of rotatable bonds is 3. The number of H-pyrrole nitrogens is 1. The van der Waals surface area contributed by atoms with Crippen molar-refractivity contribution in [1.29, 1.82) is 0 Å². The molecule has 1 aliphatic heterocycles. The molecule has 2 N–H and O–H groups in total. The van der Waals surface area contributed by atoms with Gasteiger partial charge in [0.1, 0.15) is 11.6 Å². The molecular formula is C21H21N4OS+. The van der Waals surface area contributed by atoms with E-state index in [0.29, 0.717) is 11.3 Å². The van der Waals surface area contributed by atoms with Crippen LogP contribution >= 0.6 is 11.3 Å². The van der Waals surface area contributed by atoms with E-state index in [-0.39, 0.29) is 5.56 Å². The van der Waals surface area contributed by atoms with Gasteiger partial charge in [-0.1, -0.05) is 24.3 Å². The lowest BCUT2D eigenvalue weighted by Crippen LogP contribution is -3.12. The highest BCUT2D eigenvalue weighted by atomic mass is 32.1. The number of para-hydroxylation sites is 2. The predicted octanol–water partition coefficient (Wildman–Crippen LogP) is 2.50.